The number of piperidine rings is 1. The fraction of sp³-hybridized carbons (Fsp3) is 0.457. The van der Waals surface area contributed by atoms with Crippen LogP contribution < -0.4 is 9.64 Å². The molecule has 0 bridgehead atoms. The van der Waals surface area contributed by atoms with E-state index in [1.165, 1.54) is 18.2 Å². The molecule has 2 aliphatic heterocycles. The van der Waals surface area contributed by atoms with E-state index >= 15 is 0 Å². The van der Waals surface area contributed by atoms with Crippen molar-refractivity contribution in [3.8, 4) is 17.0 Å². The van der Waals surface area contributed by atoms with E-state index < -0.39 is 5.60 Å². The number of amides is 1. The van der Waals surface area contributed by atoms with Gasteiger partial charge < -0.3 is 24.0 Å². The summed E-state index contributed by atoms with van der Waals surface area (Å²) in [6.45, 7) is 13.0. The average molecular weight is 584 g/mol. The number of carbonyl (C=O) groups is 2. The smallest absolute Gasteiger partial charge is 0.410 e. The van der Waals surface area contributed by atoms with Crippen molar-refractivity contribution < 1.29 is 23.8 Å². The highest BCUT2D eigenvalue weighted by atomic mass is 16.6. The molecule has 226 valence electrons. The zero-order chi connectivity index (χ0) is 30.5. The number of pyridine rings is 1. The van der Waals surface area contributed by atoms with E-state index in [4.69, 9.17) is 19.2 Å². The second-order valence-electron chi connectivity index (χ2n) is 13.2. The molecule has 3 aliphatic rings. The van der Waals surface area contributed by atoms with Crippen LogP contribution in [0.1, 0.15) is 55.0 Å². The maximum absolute atomic E-state index is 12.6. The summed E-state index contributed by atoms with van der Waals surface area (Å²) in [5.74, 6) is 1.91. The normalized spacial score (nSPS) is 20.7. The summed E-state index contributed by atoms with van der Waals surface area (Å²) in [7, 11) is 1.47. The number of aryl methyl sites for hydroxylation is 1. The molecule has 3 aromatic rings. The summed E-state index contributed by atoms with van der Waals surface area (Å²) in [4.78, 5) is 34.0. The Hall–Kier alpha value is -4.07. The number of benzene rings is 2. The van der Waals surface area contributed by atoms with Crippen LogP contribution in [0.25, 0.3) is 11.3 Å². The molecule has 43 heavy (non-hydrogen) atoms. The van der Waals surface area contributed by atoms with Crippen LogP contribution in [0.2, 0.25) is 0 Å². The molecule has 2 fully saturated rings. The summed E-state index contributed by atoms with van der Waals surface area (Å²) in [5, 5.41) is 0. The highest BCUT2D eigenvalue weighted by Gasteiger charge is 2.66. The first-order valence-electron chi connectivity index (χ1n) is 15.1. The number of rotatable bonds is 6. The highest BCUT2D eigenvalue weighted by Crippen LogP contribution is 2.59. The van der Waals surface area contributed by atoms with Crippen LogP contribution in [0.4, 0.5) is 10.6 Å². The third-order valence-electron chi connectivity index (χ3n) is 9.11. The molecule has 6 rings (SSSR count). The van der Waals surface area contributed by atoms with Crippen molar-refractivity contribution in [1.82, 2.24) is 9.88 Å². The fourth-order valence-electron chi connectivity index (χ4n) is 6.65. The number of para-hydroxylation sites is 1. The first-order valence-corrected chi connectivity index (χ1v) is 15.1. The Labute approximate surface area is 254 Å². The van der Waals surface area contributed by atoms with Crippen molar-refractivity contribution in [1.29, 1.82) is 0 Å². The molecule has 8 heteroatoms. The maximum Gasteiger partial charge on any atom is 0.410 e. The fourth-order valence-corrected chi connectivity index (χ4v) is 6.65. The van der Waals surface area contributed by atoms with Crippen LogP contribution in [0.15, 0.2) is 48.5 Å². The topological polar surface area (TPSA) is 81.2 Å². The summed E-state index contributed by atoms with van der Waals surface area (Å²) in [6.07, 6.45) is 1.42. The molecule has 1 amide bonds. The largest absolute Gasteiger partial charge is 0.488 e. The molecular formula is C35H41N3O5. The monoisotopic (exact) mass is 583 g/mol. The number of nitrogens with zero attached hydrogens (tertiary/aromatic N) is 3. The van der Waals surface area contributed by atoms with Crippen molar-refractivity contribution >= 4 is 17.9 Å². The minimum absolute atomic E-state index is 0.108. The van der Waals surface area contributed by atoms with Crippen LogP contribution in [0.5, 0.6) is 5.75 Å². The number of aromatic nitrogens is 1. The van der Waals surface area contributed by atoms with Crippen LogP contribution >= 0.6 is 0 Å². The molecule has 0 N–H and O–H groups in total. The minimum atomic E-state index is -0.512. The van der Waals surface area contributed by atoms with Gasteiger partial charge in [0.05, 0.1) is 18.2 Å². The lowest BCUT2D eigenvalue weighted by Gasteiger charge is -2.32. The molecule has 1 saturated heterocycles. The molecule has 3 heterocycles. The summed E-state index contributed by atoms with van der Waals surface area (Å²) in [5.41, 5.74) is 6.73. The second kappa shape index (κ2) is 10.9. The van der Waals surface area contributed by atoms with Gasteiger partial charge in [0.15, 0.2) is 0 Å². The number of esters is 1. The van der Waals surface area contributed by atoms with Gasteiger partial charge in [0, 0.05) is 31.7 Å². The SMILES string of the molecule is COC(=O)[C@]12C[C@H]1CN(c1cccc(-c3cccc(C)c3OCc3ccc4c(c3C)CCN(C(=O)OC(C)(C)C)C4)n1)C2. The number of fused-ring (bicyclic) bond motifs is 2. The van der Waals surface area contributed by atoms with E-state index in [2.05, 4.69) is 43.0 Å². The van der Waals surface area contributed by atoms with Crippen LogP contribution in [-0.2, 0) is 33.8 Å². The molecule has 1 aliphatic carbocycles. The quantitative estimate of drug-likeness (QED) is 0.318. The summed E-state index contributed by atoms with van der Waals surface area (Å²) >= 11 is 0. The molecule has 0 spiro atoms. The predicted molar refractivity (Wildman–Crippen MR) is 165 cm³/mol. The molecule has 2 atom stereocenters. The number of ether oxygens (including phenoxy) is 3. The molecule has 0 unspecified atom stereocenters. The van der Waals surface area contributed by atoms with Crippen LogP contribution in [0.3, 0.4) is 0 Å². The zero-order valence-electron chi connectivity index (χ0n) is 26.0. The van der Waals surface area contributed by atoms with E-state index in [0.717, 1.165) is 58.9 Å². The third kappa shape index (κ3) is 5.55. The first kappa shape index (κ1) is 29.0. The Bertz CT molecular complexity index is 1580. The van der Waals surface area contributed by atoms with Gasteiger partial charge in [0.2, 0.25) is 0 Å². The van der Waals surface area contributed by atoms with E-state index in [1.54, 1.807) is 4.90 Å². The Morgan fingerprint density at radius 1 is 1.07 bits per heavy atom. The summed E-state index contributed by atoms with van der Waals surface area (Å²) < 4.78 is 17.2. The van der Waals surface area contributed by atoms with Crippen LogP contribution in [0, 0.1) is 25.2 Å². The van der Waals surface area contributed by atoms with Gasteiger partial charge in [-0.25, -0.2) is 9.78 Å². The maximum atomic E-state index is 12.6. The molecular weight excluding hydrogens is 542 g/mol. The van der Waals surface area contributed by atoms with Crippen LogP contribution in [-0.4, -0.2) is 54.3 Å². The van der Waals surface area contributed by atoms with Gasteiger partial charge in [-0.1, -0.05) is 30.3 Å². The summed E-state index contributed by atoms with van der Waals surface area (Å²) in [6, 6.07) is 16.4. The third-order valence-corrected chi connectivity index (χ3v) is 9.11. The Balaban J connectivity index is 1.18. The van der Waals surface area contributed by atoms with Crippen molar-refractivity contribution in [2.45, 2.75) is 66.2 Å². The Morgan fingerprint density at radius 2 is 1.86 bits per heavy atom. The Kier molecular flexibility index (Phi) is 7.35. The van der Waals surface area contributed by atoms with Crippen molar-refractivity contribution in [2.75, 3.05) is 31.6 Å². The molecule has 8 nitrogen and oxygen atoms in total. The predicted octanol–water partition coefficient (Wildman–Crippen LogP) is 6.24. The lowest BCUT2D eigenvalue weighted by atomic mass is 9.92. The number of anilines is 1. The lowest BCUT2D eigenvalue weighted by molar-refractivity contribution is -0.146. The van der Waals surface area contributed by atoms with Gasteiger partial charge in [-0.3, -0.25) is 4.79 Å². The zero-order valence-corrected chi connectivity index (χ0v) is 26.0. The average Bonchev–Trinajstić information content (AvgIpc) is 3.55. The minimum Gasteiger partial charge on any atom is -0.488 e. The van der Waals surface area contributed by atoms with Gasteiger partial charge >= 0.3 is 12.1 Å². The van der Waals surface area contributed by atoms with Gasteiger partial charge in [0.1, 0.15) is 23.8 Å². The van der Waals surface area contributed by atoms with Crippen molar-refractivity contribution in [2.24, 2.45) is 11.3 Å². The highest BCUT2D eigenvalue weighted by molar-refractivity contribution is 5.83. The molecule has 0 radical (unpaired) electrons. The van der Waals surface area contributed by atoms with Gasteiger partial charge in [0.25, 0.3) is 0 Å². The lowest BCUT2D eigenvalue weighted by Crippen LogP contribution is -2.40. The van der Waals surface area contributed by atoms with Gasteiger partial charge in [-0.15, -0.1) is 0 Å². The van der Waals surface area contributed by atoms with E-state index in [0.29, 0.717) is 32.2 Å². The van der Waals surface area contributed by atoms with Gasteiger partial charge in [-0.05, 0) is 99.4 Å². The van der Waals surface area contributed by atoms with E-state index in [9.17, 15) is 9.59 Å². The number of hydrogen-bond donors (Lipinski definition) is 0. The van der Waals surface area contributed by atoms with E-state index in [1.807, 2.05) is 45.0 Å². The molecule has 2 aromatic carbocycles. The van der Waals surface area contributed by atoms with Crippen molar-refractivity contribution in [3.63, 3.8) is 0 Å². The second-order valence-corrected chi connectivity index (χ2v) is 13.2. The standard InChI is InChI=1S/C35H41N3O5/c1-22-9-7-10-28(29-11-8-12-30(36-29)38-19-26-17-35(26,21-38)32(39)41-6)31(22)42-20-25-14-13-24-18-37(16-15-27(24)23(25)2)33(40)43-34(3,4)5/h7-14,26H,15-21H2,1-6H3/t26-,35-/m0/s1. The van der Waals surface area contributed by atoms with Crippen molar-refractivity contribution in [3.05, 3.63) is 76.3 Å². The number of carbonyl (C=O) groups excluding carboxylic acids is 2. The number of hydrogen-bond acceptors (Lipinski definition) is 7. The van der Waals surface area contributed by atoms with E-state index in [-0.39, 0.29) is 17.5 Å². The number of methoxy groups -OCH3 is 1. The Morgan fingerprint density at radius 3 is 2.63 bits per heavy atom. The first-order chi connectivity index (χ1) is 20.5. The molecule has 1 aromatic heterocycles. The molecule has 1 saturated carbocycles. The van der Waals surface area contributed by atoms with Gasteiger partial charge in [-0.2, -0.15) is 0 Å².